The first-order valence-corrected chi connectivity index (χ1v) is 13.1. The highest BCUT2D eigenvalue weighted by Crippen LogP contribution is 2.33. The lowest BCUT2D eigenvalue weighted by atomic mass is 10.2. The van der Waals surface area contributed by atoms with E-state index >= 15 is 0 Å². The standard InChI is InChI=1S/C28H38N6O3/c1-3-36-27-17-24(10-11-26(27)32-20-31-21(2)29)33-12-5-13-34(15-14-33)28(35)30-18-23-6-4-7-25(16-23)37-19-22-8-9-22/h4,6-7,10-11,16-17,20,22H,3,5,8-9,12-15,18-19H2,1-2H3,(H,30,35)(H2,29,31,32). The van der Waals surface area contributed by atoms with Gasteiger partial charge in [0.05, 0.1) is 19.0 Å². The lowest BCUT2D eigenvalue weighted by Crippen LogP contribution is -2.41. The number of amidine groups is 1. The molecule has 1 heterocycles. The van der Waals surface area contributed by atoms with E-state index in [9.17, 15) is 4.79 Å². The van der Waals surface area contributed by atoms with Crippen LogP contribution in [-0.4, -0.2) is 62.5 Å². The topological polar surface area (TPSA) is 105 Å². The summed E-state index contributed by atoms with van der Waals surface area (Å²) in [5, 5.41) is 3.07. The lowest BCUT2D eigenvalue weighted by Gasteiger charge is -2.24. The molecular weight excluding hydrogens is 468 g/mol. The molecule has 2 aromatic carbocycles. The summed E-state index contributed by atoms with van der Waals surface area (Å²) in [5.74, 6) is 2.73. The van der Waals surface area contributed by atoms with Crippen LogP contribution in [0.3, 0.4) is 0 Å². The van der Waals surface area contributed by atoms with Crippen LogP contribution in [0.25, 0.3) is 0 Å². The van der Waals surface area contributed by atoms with E-state index in [-0.39, 0.29) is 6.03 Å². The summed E-state index contributed by atoms with van der Waals surface area (Å²) < 4.78 is 11.7. The van der Waals surface area contributed by atoms with Crippen molar-refractivity contribution in [3.63, 3.8) is 0 Å². The van der Waals surface area contributed by atoms with Crippen LogP contribution in [0.2, 0.25) is 0 Å². The SMILES string of the molecule is CCOc1cc(N2CCCN(C(=O)NCc3cccc(OCC4CC4)c3)CC2)ccc1N=CN=C(C)N. The van der Waals surface area contributed by atoms with Crippen molar-refractivity contribution in [2.75, 3.05) is 44.3 Å². The van der Waals surface area contributed by atoms with Gasteiger partial charge in [-0.3, -0.25) is 0 Å². The zero-order chi connectivity index (χ0) is 26.0. The first-order chi connectivity index (χ1) is 18.0. The average molecular weight is 507 g/mol. The highest BCUT2D eigenvalue weighted by atomic mass is 16.5. The summed E-state index contributed by atoms with van der Waals surface area (Å²) in [6, 6.07) is 13.9. The zero-order valence-corrected chi connectivity index (χ0v) is 21.9. The maximum absolute atomic E-state index is 12.9. The fourth-order valence-corrected chi connectivity index (χ4v) is 4.17. The molecule has 1 aliphatic carbocycles. The van der Waals surface area contributed by atoms with E-state index in [0.29, 0.717) is 49.4 Å². The number of amides is 2. The number of hydrogen-bond acceptors (Lipinski definition) is 5. The maximum atomic E-state index is 12.9. The molecule has 4 rings (SSSR count). The van der Waals surface area contributed by atoms with Crippen LogP contribution in [0.5, 0.6) is 11.5 Å². The molecule has 0 aromatic heterocycles. The molecule has 1 aliphatic heterocycles. The van der Waals surface area contributed by atoms with Gasteiger partial charge in [-0.05, 0) is 68.9 Å². The number of nitrogens with one attached hydrogen (secondary N) is 1. The van der Waals surface area contributed by atoms with Gasteiger partial charge in [0.25, 0.3) is 0 Å². The first-order valence-electron chi connectivity index (χ1n) is 13.1. The normalized spacial score (nSPS) is 16.5. The molecular formula is C28H38N6O3. The number of nitrogens with two attached hydrogens (primary N) is 1. The first kappa shape index (κ1) is 26.3. The molecule has 0 atom stereocenters. The van der Waals surface area contributed by atoms with Crippen LogP contribution < -0.4 is 25.4 Å². The van der Waals surface area contributed by atoms with Crippen LogP contribution in [-0.2, 0) is 6.54 Å². The molecule has 9 heteroatoms. The number of benzene rings is 2. The molecule has 3 N–H and O–H groups in total. The third-order valence-corrected chi connectivity index (χ3v) is 6.37. The molecule has 1 saturated heterocycles. The van der Waals surface area contributed by atoms with Crippen LogP contribution in [0.4, 0.5) is 16.2 Å². The van der Waals surface area contributed by atoms with Gasteiger partial charge in [-0.25, -0.2) is 14.8 Å². The summed E-state index contributed by atoms with van der Waals surface area (Å²) in [5.41, 5.74) is 8.37. The van der Waals surface area contributed by atoms with Crippen LogP contribution >= 0.6 is 0 Å². The van der Waals surface area contributed by atoms with E-state index in [0.717, 1.165) is 43.1 Å². The highest BCUT2D eigenvalue weighted by molar-refractivity contribution is 5.86. The number of aliphatic imine (C=N–C) groups is 2. The number of carbonyl (C=O) groups is 1. The minimum absolute atomic E-state index is 0.0402. The monoisotopic (exact) mass is 506 g/mol. The number of anilines is 1. The van der Waals surface area contributed by atoms with Crippen LogP contribution in [0.15, 0.2) is 52.4 Å². The third kappa shape index (κ3) is 8.13. The van der Waals surface area contributed by atoms with Crippen molar-refractivity contribution in [1.29, 1.82) is 0 Å². The molecule has 2 fully saturated rings. The van der Waals surface area contributed by atoms with Gasteiger partial charge in [-0.2, -0.15) is 0 Å². The van der Waals surface area contributed by atoms with Crippen molar-refractivity contribution in [2.45, 2.75) is 39.7 Å². The van der Waals surface area contributed by atoms with Gasteiger partial charge < -0.3 is 30.3 Å². The second-order valence-corrected chi connectivity index (χ2v) is 9.49. The number of rotatable bonds is 10. The van der Waals surface area contributed by atoms with Gasteiger partial charge in [0.15, 0.2) is 0 Å². The number of nitrogens with zero attached hydrogens (tertiary/aromatic N) is 4. The molecule has 9 nitrogen and oxygen atoms in total. The molecule has 2 amide bonds. The number of carbonyl (C=O) groups excluding carboxylic acids is 1. The second-order valence-electron chi connectivity index (χ2n) is 9.49. The van der Waals surface area contributed by atoms with Gasteiger partial charge in [-0.15, -0.1) is 0 Å². The Hall–Kier alpha value is -3.75. The van der Waals surface area contributed by atoms with E-state index in [4.69, 9.17) is 15.2 Å². The van der Waals surface area contributed by atoms with Crippen molar-refractivity contribution in [3.05, 3.63) is 48.0 Å². The fourth-order valence-electron chi connectivity index (χ4n) is 4.17. The van der Waals surface area contributed by atoms with Gasteiger partial charge in [0.2, 0.25) is 0 Å². The zero-order valence-electron chi connectivity index (χ0n) is 21.9. The Balaban J connectivity index is 1.31. The molecule has 198 valence electrons. The number of hydrogen-bond donors (Lipinski definition) is 2. The van der Waals surface area contributed by atoms with E-state index in [1.807, 2.05) is 54.3 Å². The van der Waals surface area contributed by atoms with E-state index < -0.39 is 0 Å². The summed E-state index contributed by atoms with van der Waals surface area (Å²) >= 11 is 0. The number of ether oxygens (including phenoxy) is 2. The summed E-state index contributed by atoms with van der Waals surface area (Å²) in [6.07, 6.45) is 4.85. The molecule has 0 spiro atoms. The molecule has 2 aromatic rings. The Bertz CT molecular complexity index is 1110. The van der Waals surface area contributed by atoms with Crippen molar-refractivity contribution in [1.82, 2.24) is 10.2 Å². The van der Waals surface area contributed by atoms with Crippen LogP contribution in [0.1, 0.15) is 38.7 Å². The summed E-state index contributed by atoms with van der Waals surface area (Å²) in [7, 11) is 0. The van der Waals surface area contributed by atoms with Gasteiger partial charge >= 0.3 is 6.03 Å². The van der Waals surface area contributed by atoms with Crippen molar-refractivity contribution in [2.24, 2.45) is 21.6 Å². The minimum Gasteiger partial charge on any atom is -0.493 e. The largest absolute Gasteiger partial charge is 0.493 e. The predicted octanol–water partition coefficient (Wildman–Crippen LogP) is 4.33. The highest BCUT2D eigenvalue weighted by Gasteiger charge is 2.22. The van der Waals surface area contributed by atoms with E-state index in [1.54, 1.807) is 6.92 Å². The average Bonchev–Trinajstić information content (AvgIpc) is 3.74. The van der Waals surface area contributed by atoms with Crippen molar-refractivity contribution < 1.29 is 14.3 Å². The Morgan fingerprint density at radius 1 is 1.14 bits per heavy atom. The van der Waals surface area contributed by atoms with Crippen molar-refractivity contribution in [3.8, 4) is 11.5 Å². The molecule has 37 heavy (non-hydrogen) atoms. The quantitative estimate of drug-likeness (QED) is 0.369. The van der Waals surface area contributed by atoms with Crippen LogP contribution in [0, 0.1) is 5.92 Å². The van der Waals surface area contributed by atoms with Gasteiger partial charge in [0.1, 0.15) is 23.5 Å². The Morgan fingerprint density at radius 3 is 2.78 bits per heavy atom. The molecule has 2 aliphatic rings. The maximum Gasteiger partial charge on any atom is 0.317 e. The molecule has 0 unspecified atom stereocenters. The molecule has 0 radical (unpaired) electrons. The Kier molecular flexibility index (Phi) is 9.24. The predicted molar refractivity (Wildman–Crippen MR) is 148 cm³/mol. The summed E-state index contributed by atoms with van der Waals surface area (Å²) in [6.45, 7) is 8.41. The molecule has 1 saturated carbocycles. The fraction of sp³-hybridized carbons (Fsp3) is 0.464. The number of urea groups is 1. The van der Waals surface area contributed by atoms with Gasteiger partial charge in [-0.1, -0.05) is 12.1 Å². The van der Waals surface area contributed by atoms with Gasteiger partial charge in [0, 0.05) is 44.5 Å². The second kappa shape index (κ2) is 13.0. The Labute approximate surface area is 219 Å². The molecule has 0 bridgehead atoms. The summed E-state index contributed by atoms with van der Waals surface area (Å²) in [4.78, 5) is 25.5. The van der Waals surface area contributed by atoms with E-state index in [1.165, 1.54) is 19.2 Å². The lowest BCUT2D eigenvalue weighted by molar-refractivity contribution is 0.201. The van der Waals surface area contributed by atoms with Crippen molar-refractivity contribution >= 4 is 29.6 Å². The van der Waals surface area contributed by atoms with E-state index in [2.05, 4.69) is 20.2 Å². The third-order valence-electron chi connectivity index (χ3n) is 6.37. The Morgan fingerprint density at radius 2 is 2.00 bits per heavy atom. The minimum atomic E-state index is -0.0402. The smallest absolute Gasteiger partial charge is 0.317 e.